The number of carbonyl (C=O) groups is 2. The number of Topliss-reactive ketones (excluding diaryl/α,β-unsaturated/α-hetero) is 1. The molecule has 0 spiro atoms. The van der Waals surface area contributed by atoms with E-state index in [1.54, 1.807) is 55.5 Å². The lowest BCUT2D eigenvalue weighted by Gasteiger charge is -2.19. The highest BCUT2D eigenvalue weighted by atomic mass is 35.5. The van der Waals surface area contributed by atoms with Gasteiger partial charge in [0.05, 0.1) is 16.5 Å². The summed E-state index contributed by atoms with van der Waals surface area (Å²) in [5.74, 6) is -0.345. The van der Waals surface area contributed by atoms with Crippen LogP contribution in [-0.2, 0) is 21.2 Å². The third kappa shape index (κ3) is 6.66. The van der Waals surface area contributed by atoms with Gasteiger partial charge >= 0.3 is 0 Å². The standard InChI is InChI=1S/C25H25ClN2O5S/c1-3-33-24-13-12-21(16-22(24)26)34(31,32)28-23(14-18-8-5-4-6-9-18)25(30)27-20-11-7-10-19(15-20)17(2)29/h4-13,15-16,23,28H,3,14H2,1-2H3,(H,27,30)/t23-/m0/s1. The molecule has 7 nitrogen and oxygen atoms in total. The summed E-state index contributed by atoms with van der Waals surface area (Å²) >= 11 is 6.17. The molecule has 0 saturated carbocycles. The summed E-state index contributed by atoms with van der Waals surface area (Å²) < 4.78 is 34.1. The van der Waals surface area contributed by atoms with E-state index < -0.39 is 22.0 Å². The Hall–Kier alpha value is -3.20. The Bertz CT molecular complexity index is 1280. The summed E-state index contributed by atoms with van der Waals surface area (Å²) in [4.78, 5) is 24.7. The van der Waals surface area contributed by atoms with Crippen LogP contribution in [0.5, 0.6) is 5.75 Å². The highest BCUT2D eigenvalue weighted by Gasteiger charge is 2.27. The van der Waals surface area contributed by atoms with Crippen molar-refractivity contribution in [3.05, 3.63) is 88.9 Å². The van der Waals surface area contributed by atoms with Crippen LogP contribution in [0.25, 0.3) is 0 Å². The molecule has 0 bridgehead atoms. The fraction of sp³-hybridized carbons (Fsp3) is 0.200. The minimum absolute atomic E-state index is 0.0922. The second-order valence-electron chi connectivity index (χ2n) is 7.52. The van der Waals surface area contributed by atoms with Gasteiger partial charge in [-0.05, 0) is 56.2 Å². The Balaban J connectivity index is 1.88. The average Bonchev–Trinajstić information content (AvgIpc) is 2.80. The van der Waals surface area contributed by atoms with Crippen molar-refractivity contribution in [2.45, 2.75) is 31.2 Å². The Morgan fingerprint density at radius 3 is 2.38 bits per heavy atom. The number of hydrogen-bond acceptors (Lipinski definition) is 5. The number of halogens is 1. The average molecular weight is 501 g/mol. The zero-order valence-corrected chi connectivity index (χ0v) is 20.3. The maximum Gasteiger partial charge on any atom is 0.242 e. The molecular formula is C25H25ClN2O5S. The number of rotatable bonds is 10. The number of anilines is 1. The van der Waals surface area contributed by atoms with Crippen LogP contribution in [0.2, 0.25) is 5.02 Å². The van der Waals surface area contributed by atoms with Gasteiger partial charge < -0.3 is 10.1 Å². The van der Waals surface area contributed by atoms with Crippen molar-refractivity contribution in [2.24, 2.45) is 0 Å². The normalized spacial score (nSPS) is 12.1. The van der Waals surface area contributed by atoms with E-state index in [-0.39, 0.29) is 22.1 Å². The Morgan fingerprint density at radius 1 is 1.00 bits per heavy atom. The molecule has 3 aromatic rings. The molecule has 0 heterocycles. The Labute approximate surface area is 204 Å². The molecule has 0 radical (unpaired) electrons. The van der Waals surface area contributed by atoms with Gasteiger partial charge in [-0.15, -0.1) is 0 Å². The van der Waals surface area contributed by atoms with Gasteiger partial charge in [0.1, 0.15) is 11.8 Å². The third-order valence-electron chi connectivity index (χ3n) is 4.95. The lowest BCUT2D eigenvalue weighted by atomic mass is 10.1. The first-order chi connectivity index (χ1) is 16.2. The molecule has 178 valence electrons. The molecule has 3 rings (SSSR count). The maximum atomic E-state index is 13.1. The zero-order valence-electron chi connectivity index (χ0n) is 18.7. The molecule has 3 aromatic carbocycles. The minimum atomic E-state index is -4.10. The smallest absolute Gasteiger partial charge is 0.242 e. The maximum absolute atomic E-state index is 13.1. The first-order valence-corrected chi connectivity index (χ1v) is 12.5. The van der Waals surface area contributed by atoms with Gasteiger partial charge in [0.2, 0.25) is 15.9 Å². The van der Waals surface area contributed by atoms with E-state index in [2.05, 4.69) is 10.0 Å². The van der Waals surface area contributed by atoms with Crippen molar-refractivity contribution < 1.29 is 22.7 Å². The molecule has 2 N–H and O–H groups in total. The number of nitrogens with one attached hydrogen (secondary N) is 2. The summed E-state index contributed by atoms with van der Waals surface area (Å²) in [7, 11) is -4.10. The van der Waals surface area contributed by atoms with Gasteiger partial charge in [-0.1, -0.05) is 54.1 Å². The van der Waals surface area contributed by atoms with Crippen molar-refractivity contribution in [3.8, 4) is 5.75 Å². The van der Waals surface area contributed by atoms with E-state index in [1.165, 1.54) is 25.1 Å². The summed E-state index contributed by atoms with van der Waals surface area (Å²) in [5.41, 5.74) is 1.59. The van der Waals surface area contributed by atoms with E-state index in [1.807, 2.05) is 6.07 Å². The lowest BCUT2D eigenvalue weighted by molar-refractivity contribution is -0.117. The van der Waals surface area contributed by atoms with Gasteiger partial charge in [-0.3, -0.25) is 9.59 Å². The van der Waals surface area contributed by atoms with Gasteiger partial charge in [0, 0.05) is 11.3 Å². The van der Waals surface area contributed by atoms with Crippen LogP contribution in [-0.4, -0.2) is 32.8 Å². The third-order valence-corrected chi connectivity index (χ3v) is 6.71. The highest BCUT2D eigenvalue weighted by Crippen LogP contribution is 2.27. The molecule has 0 saturated heterocycles. The second-order valence-corrected chi connectivity index (χ2v) is 9.64. The molecule has 9 heteroatoms. The van der Waals surface area contributed by atoms with Crippen molar-refractivity contribution in [3.63, 3.8) is 0 Å². The summed E-state index contributed by atoms with van der Waals surface area (Å²) in [6.07, 6.45) is 0.114. The van der Waals surface area contributed by atoms with E-state index >= 15 is 0 Å². The summed E-state index contributed by atoms with van der Waals surface area (Å²) in [6, 6.07) is 18.5. The predicted molar refractivity (Wildman–Crippen MR) is 132 cm³/mol. The van der Waals surface area contributed by atoms with E-state index in [0.29, 0.717) is 23.6 Å². The molecule has 0 fully saturated rings. The Morgan fingerprint density at radius 2 is 1.74 bits per heavy atom. The molecule has 1 atom stereocenters. The predicted octanol–water partition coefficient (Wildman–Crippen LogP) is 4.47. The molecule has 0 unspecified atom stereocenters. The number of sulfonamides is 1. The molecule has 0 aliphatic carbocycles. The Kier molecular flexibility index (Phi) is 8.44. The van der Waals surface area contributed by atoms with Gasteiger partial charge in [-0.2, -0.15) is 4.72 Å². The molecule has 34 heavy (non-hydrogen) atoms. The van der Waals surface area contributed by atoms with Crippen molar-refractivity contribution in [2.75, 3.05) is 11.9 Å². The lowest BCUT2D eigenvalue weighted by Crippen LogP contribution is -2.45. The molecular weight excluding hydrogens is 476 g/mol. The minimum Gasteiger partial charge on any atom is -0.492 e. The van der Waals surface area contributed by atoms with Crippen LogP contribution in [0.1, 0.15) is 29.8 Å². The van der Waals surface area contributed by atoms with Crippen LogP contribution in [0.15, 0.2) is 77.7 Å². The van der Waals surface area contributed by atoms with E-state index in [0.717, 1.165) is 5.56 Å². The molecule has 1 amide bonds. The van der Waals surface area contributed by atoms with Crippen LogP contribution in [0, 0.1) is 0 Å². The fourth-order valence-electron chi connectivity index (χ4n) is 3.26. The summed E-state index contributed by atoms with van der Waals surface area (Å²) in [6.45, 7) is 3.60. The number of ether oxygens (including phenoxy) is 1. The molecule has 0 aliphatic heterocycles. The number of carbonyl (C=O) groups excluding carboxylic acids is 2. The molecule has 0 aliphatic rings. The number of benzene rings is 3. The van der Waals surface area contributed by atoms with Crippen molar-refractivity contribution in [1.29, 1.82) is 0 Å². The van der Waals surface area contributed by atoms with Crippen LogP contribution in [0.4, 0.5) is 5.69 Å². The topological polar surface area (TPSA) is 102 Å². The van der Waals surface area contributed by atoms with Gasteiger partial charge in [0.25, 0.3) is 0 Å². The summed E-state index contributed by atoms with van der Waals surface area (Å²) in [5, 5.41) is 2.85. The van der Waals surface area contributed by atoms with E-state index in [9.17, 15) is 18.0 Å². The first-order valence-electron chi connectivity index (χ1n) is 10.6. The fourth-order valence-corrected chi connectivity index (χ4v) is 4.78. The number of hydrogen-bond donors (Lipinski definition) is 2. The van der Waals surface area contributed by atoms with Crippen molar-refractivity contribution in [1.82, 2.24) is 4.72 Å². The van der Waals surface area contributed by atoms with Crippen LogP contribution < -0.4 is 14.8 Å². The van der Waals surface area contributed by atoms with E-state index in [4.69, 9.17) is 16.3 Å². The van der Waals surface area contributed by atoms with Crippen LogP contribution in [0.3, 0.4) is 0 Å². The van der Waals surface area contributed by atoms with Gasteiger partial charge in [0.15, 0.2) is 5.78 Å². The number of amides is 1. The monoisotopic (exact) mass is 500 g/mol. The van der Waals surface area contributed by atoms with Crippen LogP contribution >= 0.6 is 11.6 Å². The number of ketones is 1. The second kappa shape index (κ2) is 11.3. The largest absolute Gasteiger partial charge is 0.492 e. The quantitative estimate of drug-likeness (QED) is 0.400. The first kappa shape index (κ1) is 25.4. The SMILES string of the molecule is CCOc1ccc(S(=O)(=O)N[C@@H](Cc2ccccc2)C(=O)Nc2cccc(C(C)=O)c2)cc1Cl. The highest BCUT2D eigenvalue weighted by molar-refractivity contribution is 7.89. The molecule has 0 aromatic heterocycles. The van der Waals surface area contributed by atoms with Crippen molar-refractivity contribution >= 4 is 39.0 Å². The van der Waals surface area contributed by atoms with Gasteiger partial charge in [-0.25, -0.2) is 8.42 Å². The zero-order chi connectivity index (χ0) is 24.7.